The predicted molar refractivity (Wildman–Crippen MR) is 74.6 cm³/mol. The van der Waals surface area contributed by atoms with Crippen LogP contribution in [0.1, 0.15) is 33.6 Å². The Labute approximate surface area is 116 Å². The number of carbonyl (C=O) groups is 1. The fourth-order valence-corrected chi connectivity index (χ4v) is 3.61. The topological polar surface area (TPSA) is 35.5 Å². The molecule has 3 aliphatic carbocycles. The highest BCUT2D eigenvalue weighted by molar-refractivity contribution is 5.88. The first-order valence-electron chi connectivity index (χ1n) is 7.27. The van der Waals surface area contributed by atoms with Crippen LogP contribution >= 0.6 is 0 Å². The molecule has 4 atom stereocenters. The summed E-state index contributed by atoms with van der Waals surface area (Å²) in [5.41, 5.74) is -0.228. The number of ether oxygens (including phenoxy) is 2. The fourth-order valence-electron chi connectivity index (χ4n) is 3.61. The summed E-state index contributed by atoms with van der Waals surface area (Å²) >= 11 is 0. The molecule has 1 saturated carbocycles. The molecule has 0 radical (unpaired) electrons. The lowest BCUT2D eigenvalue weighted by atomic mass is 9.56. The Kier molecular flexibility index (Phi) is 4.46. The Morgan fingerprint density at radius 1 is 1.47 bits per heavy atom. The van der Waals surface area contributed by atoms with E-state index in [2.05, 4.69) is 32.9 Å². The number of carbonyl (C=O) groups excluding carboxylic acids is 1. The van der Waals surface area contributed by atoms with E-state index in [1.54, 1.807) is 7.11 Å². The van der Waals surface area contributed by atoms with Crippen LogP contribution in [0.3, 0.4) is 0 Å². The van der Waals surface area contributed by atoms with E-state index in [0.717, 1.165) is 13.0 Å². The van der Waals surface area contributed by atoms with Crippen molar-refractivity contribution in [2.24, 2.45) is 29.1 Å². The summed E-state index contributed by atoms with van der Waals surface area (Å²) in [6.45, 7) is 7.66. The molecule has 2 bridgehead atoms. The van der Waals surface area contributed by atoms with E-state index in [-0.39, 0.29) is 5.41 Å². The molecule has 3 heteroatoms. The Hall–Kier alpha value is -0.670. The summed E-state index contributed by atoms with van der Waals surface area (Å²) in [7, 11) is 1.65. The highest BCUT2D eigenvalue weighted by Crippen LogP contribution is 2.50. The van der Waals surface area contributed by atoms with Gasteiger partial charge >= 0.3 is 0 Å². The van der Waals surface area contributed by atoms with Crippen molar-refractivity contribution in [3.8, 4) is 0 Å². The van der Waals surface area contributed by atoms with Crippen molar-refractivity contribution in [1.82, 2.24) is 0 Å². The molecule has 3 nitrogen and oxygen atoms in total. The fraction of sp³-hybridized carbons (Fsp3) is 0.812. The number of Topliss-reactive ketones (excluding diaryl/α,β-unsaturated/α-hetero) is 1. The first-order valence-corrected chi connectivity index (χ1v) is 7.27. The number of hydrogen-bond donors (Lipinski definition) is 0. The van der Waals surface area contributed by atoms with E-state index in [1.807, 2.05) is 0 Å². The van der Waals surface area contributed by atoms with Gasteiger partial charge in [-0.05, 0) is 37.0 Å². The Morgan fingerprint density at radius 3 is 2.74 bits per heavy atom. The minimum Gasteiger partial charge on any atom is -0.359 e. The van der Waals surface area contributed by atoms with Crippen molar-refractivity contribution in [1.29, 1.82) is 0 Å². The zero-order valence-electron chi connectivity index (χ0n) is 12.5. The standard InChI is InChI=1S/C16H26O3/c1-11(2)14(9-19-10-18-4)13-8-16(3)6-5-12(13)7-15(16)17/h5-6,11-14H,7-10H2,1-4H3. The lowest BCUT2D eigenvalue weighted by Crippen LogP contribution is -2.46. The number of hydrogen-bond acceptors (Lipinski definition) is 3. The lowest BCUT2D eigenvalue weighted by Gasteiger charge is -2.47. The van der Waals surface area contributed by atoms with Gasteiger partial charge in [-0.15, -0.1) is 0 Å². The Bertz CT molecular complexity index is 361. The summed E-state index contributed by atoms with van der Waals surface area (Å²) in [5.74, 6) is 2.44. The maximum atomic E-state index is 12.1. The van der Waals surface area contributed by atoms with Crippen LogP contribution in [0.2, 0.25) is 0 Å². The molecule has 0 aliphatic heterocycles. The molecule has 0 heterocycles. The zero-order chi connectivity index (χ0) is 14.0. The van der Waals surface area contributed by atoms with E-state index in [9.17, 15) is 4.79 Å². The van der Waals surface area contributed by atoms with Crippen molar-refractivity contribution in [3.05, 3.63) is 12.2 Å². The predicted octanol–water partition coefficient (Wildman–Crippen LogP) is 3.05. The molecule has 0 spiro atoms. The Balaban J connectivity index is 2.07. The second kappa shape index (κ2) is 5.76. The molecule has 4 unspecified atom stereocenters. The van der Waals surface area contributed by atoms with Gasteiger partial charge in [-0.1, -0.05) is 26.0 Å². The Morgan fingerprint density at radius 2 is 2.21 bits per heavy atom. The molecule has 0 saturated heterocycles. The van der Waals surface area contributed by atoms with E-state index >= 15 is 0 Å². The minimum atomic E-state index is -0.228. The largest absolute Gasteiger partial charge is 0.359 e. The molecule has 0 aromatic rings. The molecule has 0 amide bonds. The minimum absolute atomic E-state index is 0.228. The maximum absolute atomic E-state index is 12.1. The van der Waals surface area contributed by atoms with Crippen molar-refractivity contribution in [2.75, 3.05) is 20.5 Å². The molecule has 3 aliphatic rings. The monoisotopic (exact) mass is 266 g/mol. The molecular weight excluding hydrogens is 240 g/mol. The van der Waals surface area contributed by atoms with Gasteiger partial charge in [0, 0.05) is 18.9 Å². The summed E-state index contributed by atoms with van der Waals surface area (Å²) in [6.07, 6.45) is 6.09. The zero-order valence-corrected chi connectivity index (χ0v) is 12.5. The van der Waals surface area contributed by atoms with Crippen molar-refractivity contribution < 1.29 is 14.3 Å². The van der Waals surface area contributed by atoms with E-state index in [0.29, 0.717) is 42.7 Å². The van der Waals surface area contributed by atoms with Gasteiger partial charge in [0.25, 0.3) is 0 Å². The number of ketones is 1. The summed E-state index contributed by atoms with van der Waals surface area (Å²) in [6, 6.07) is 0. The first-order chi connectivity index (χ1) is 8.98. The van der Waals surface area contributed by atoms with Gasteiger partial charge in [-0.2, -0.15) is 0 Å². The van der Waals surface area contributed by atoms with Crippen LogP contribution < -0.4 is 0 Å². The molecule has 1 fully saturated rings. The van der Waals surface area contributed by atoms with Crippen LogP contribution in [0.25, 0.3) is 0 Å². The van der Waals surface area contributed by atoms with Crippen molar-refractivity contribution >= 4 is 5.78 Å². The average molecular weight is 266 g/mol. The van der Waals surface area contributed by atoms with Crippen LogP contribution in [-0.4, -0.2) is 26.3 Å². The highest BCUT2D eigenvalue weighted by atomic mass is 16.7. The van der Waals surface area contributed by atoms with Gasteiger partial charge in [-0.3, -0.25) is 4.79 Å². The lowest BCUT2D eigenvalue weighted by molar-refractivity contribution is -0.134. The third-order valence-electron chi connectivity index (χ3n) is 4.90. The summed E-state index contributed by atoms with van der Waals surface area (Å²) in [4.78, 5) is 12.1. The van der Waals surface area contributed by atoms with Gasteiger partial charge in [-0.25, -0.2) is 0 Å². The SMILES string of the molecule is COCOCC(C(C)C)C1CC2(C)C=CC1CC2=O. The van der Waals surface area contributed by atoms with Gasteiger partial charge in [0.15, 0.2) is 0 Å². The van der Waals surface area contributed by atoms with Gasteiger partial charge in [0.2, 0.25) is 0 Å². The molecule has 3 rings (SSSR count). The van der Waals surface area contributed by atoms with Crippen LogP contribution in [0.15, 0.2) is 12.2 Å². The van der Waals surface area contributed by atoms with Gasteiger partial charge in [0.05, 0.1) is 6.61 Å². The molecule has 108 valence electrons. The molecule has 0 aromatic carbocycles. The van der Waals surface area contributed by atoms with E-state index < -0.39 is 0 Å². The third-order valence-corrected chi connectivity index (χ3v) is 4.90. The van der Waals surface area contributed by atoms with Crippen LogP contribution in [0, 0.1) is 29.1 Å². The summed E-state index contributed by atoms with van der Waals surface area (Å²) in [5, 5.41) is 0. The second-order valence-corrected chi connectivity index (χ2v) is 6.62. The second-order valence-electron chi connectivity index (χ2n) is 6.62. The average Bonchev–Trinajstić information content (AvgIpc) is 2.36. The third kappa shape index (κ3) is 2.92. The molecule has 0 N–H and O–H groups in total. The number of allylic oxidation sites excluding steroid dienone is 2. The van der Waals surface area contributed by atoms with Crippen LogP contribution in [-0.2, 0) is 14.3 Å². The molecule has 0 aromatic heterocycles. The smallest absolute Gasteiger partial charge is 0.146 e. The quantitative estimate of drug-likeness (QED) is 0.421. The van der Waals surface area contributed by atoms with Gasteiger partial charge < -0.3 is 9.47 Å². The first kappa shape index (κ1) is 14.7. The van der Waals surface area contributed by atoms with Gasteiger partial charge in [0.1, 0.15) is 12.6 Å². The number of fused-ring (bicyclic) bond motifs is 2. The molecular formula is C16H26O3. The number of methoxy groups -OCH3 is 1. The maximum Gasteiger partial charge on any atom is 0.146 e. The number of rotatable bonds is 6. The van der Waals surface area contributed by atoms with Crippen molar-refractivity contribution in [3.63, 3.8) is 0 Å². The van der Waals surface area contributed by atoms with E-state index in [4.69, 9.17) is 9.47 Å². The molecule has 19 heavy (non-hydrogen) atoms. The van der Waals surface area contributed by atoms with Crippen LogP contribution in [0.4, 0.5) is 0 Å². The summed E-state index contributed by atoms with van der Waals surface area (Å²) < 4.78 is 10.6. The van der Waals surface area contributed by atoms with E-state index in [1.165, 1.54) is 0 Å². The normalized spacial score (nSPS) is 35.1. The highest BCUT2D eigenvalue weighted by Gasteiger charge is 2.48. The van der Waals surface area contributed by atoms with Crippen LogP contribution in [0.5, 0.6) is 0 Å². The van der Waals surface area contributed by atoms with Crippen molar-refractivity contribution in [2.45, 2.75) is 33.6 Å².